The van der Waals surface area contributed by atoms with Gasteiger partial charge in [0.25, 0.3) is 0 Å². The molecule has 1 heterocycles. The Morgan fingerprint density at radius 3 is 2.46 bits per heavy atom. The summed E-state index contributed by atoms with van der Waals surface area (Å²) in [7, 11) is 0. The largest absolute Gasteiger partial charge is 0.137 e. The number of halogens is 1. The molecule has 0 nitrogen and oxygen atoms in total. The summed E-state index contributed by atoms with van der Waals surface area (Å²) in [6, 6.07) is 12.6. The van der Waals surface area contributed by atoms with Gasteiger partial charge in [-0.2, -0.15) is 0 Å². The zero-order valence-corrected chi connectivity index (χ0v) is 9.95. The van der Waals surface area contributed by atoms with E-state index in [9.17, 15) is 0 Å². The maximum Gasteiger partial charge on any atom is 0.0646 e. The van der Waals surface area contributed by atoms with Crippen molar-refractivity contribution in [3.05, 3.63) is 46.3 Å². The van der Waals surface area contributed by atoms with Crippen LogP contribution in [0.1, 0.15) is 0 Å². The van der Waals surface area contributed by atoms with Gasteiger partial charge in [0, 0.05) is 9.37 Å². The molecule has 0 aliphatic heterocycles. The van der Waals surface area contributed by atoms with Gasteiger partial charge in [0.1, 0.15) is 0 Å². The standard InChI is InChI=1S/C10H7BrS2/c11-8-3-5-9(6-4-8)13-10-2-1-7-12-10/h1-7H. The number of thiophene rings is 1. The van der Waals surface area contributed by atoms with Crippen LogP contribution in [-0.2, 0) is 0 Å². The third-order valence-corrected chi connectivity index (χ3v) is 4.10. The summed E-state index contributed by atoms with van der Waals surface area (Å²) < 4.78 is 2.46. The van der Waals surface area contributed by atoms with Gasteiger partial charge in [0.05, 0.1) is 4.21 Å². The topological polar surface area (TPSA) is 0 Å². The molecule has 0 amide bonds. The number of hydrogen-bond acceptors (Lipinski definition) is 2. The Kier molecular flexibility index (Phi) is 3.09. The molecule has 13 heavy (non-hydrogen) atoms. The van der Waals surface area contributed by atoms with Crippen LogP contribution in [0, 0.1) is 0 Å². The summed E-state index contributed by atoms with van der Waals surface area (Å²) in [5.74, 6) is 0. The Morgan fingerprint density at radius 2 is 1.85 bits per heavy atom. The fourth-order valence-electron chi connectivity index (χ4n) is 0.940. The van der Waals surface area contributed by atoms with Crippen molar-refractivity contribution in [2.45, 2.75) is 9.10 Å². The molecular formula is C10H7BrS2. The molecule has 3 heteroatoms. The lowest BCUT2D eigenvalue weighted by Gasteiger charge is -1.97. The number of hydrogen-bond donors (Lipinski definition) is 0. The van der Waals surface area contributed by atoms with E-state index in [1.54, 1.807) is 23.1 Å². The summed E-state index contributed by atoms with van der Waals surface area (Å²) in [6.07, 6.45) is 0. The van der Waals surface area contributed by atoms with Gasteiger partial charge in [-0.3, -0.25) is 0 Å². The molecule has 66 valence electrons. The van der Waals surface area contributed by atoms with Gasteiger partial charge in [0.2, 0.25) is 0 Å². The zero-order chi connectivity index (χ0) is 9.10. The highest BCUT2D eigenvalue weighted by Crippen LogP contribution is 2.31. The second kappa shape index (κ2) is 4.31. The molecule has 2 rings (SSSR count). The van der Waals surface area contributed by atoms with E-state index in [0.29, 0.717) is 0 Å². The van der Waals surface area contributed by atoms with Crippen LogP contribution in [0.3, 0.4) is 0 Å². The van der Waals surface area contributed by atoms with Crippen LogP contribution in [0.5, 0.6) is 0 Å². The van der Waals surface area contributed by atoms with Gasteiger partial charge in [-0.15, -0.1) is 11.3 Å². The monoisotopic (exact) mass is 270 g/mol. The first kappa shape index (κ1) is 9.31. The normalized spacial score (nSPS) is 10.2. The van der Waals surface area contributed by atoms with E-state index in [4.69, 9.17) is 0 Å². The summed E-state index contributed by atoms with van der Waals surface area (Å²) in [5.41, 5.74) is 0. The summed E-state index contributed by atoms with van der Waals surface area (Å²) in [5, 5.41) is 2.10. The lowest BCUT2D eigenvalue weighted by molar-refractivity contribution is 1.44. The summed E-state index contributed by atoms with van der Waals surface area (Å²) in [6.45, 7) is 0. The van der Waals surface area contributed by atoms with Crippen molar-refractivity contribution in [3.63, 3.8) is 0 Å². The van der Waals surface area contributed by atoms with E-state index >= 15 is 0 Å². The molecule has 0 bridgehead atoms. The Hall–Kier alpha value is -0.250. The fraction of sp³-hybridized carbons (Fsp3) is 0. The minimum Gasteiger partial charge on any atom is -0.137 e. The predicted octanol–water partition coefficient (Wildman–Crippen LogP) is 4.66. The first-order valence-electron chi connectivity index (χ1n) is 3.81. The molecule has 1 aromatic carbocycles. The third kappa shape index (κ3) is 2.59. The summed E-state index contributed by atoms with van der Waals surface area (Å²) in [4.78, 5) is 1.28. The van der Waals surface area contributed by atoms with E-state index in [1.165, 1.54) is 9.10 Å². The molecule has 0 aliphatic carbocycles. The van der Waals surface area contributed by atoms with Crippen molar-refractivity contribution >= 4 is 39.0 Å². The molecule has 0 radical (unpaired) electrons. The molecular weight excluding hydrogens is 264 g/mol. The Bertz CT molecular complexity index is 364. The van der Waals surface area contributed by atoms with E-state index < -0.39 is 0 Å². The van der Waals surface area contributed by atoms with Crippen LogP contribution < -0.4 is 0 Å². The van der Waals surface area contributed by atoms with Crippen molar-refractivity contribution in [1.29, 1.82) is 0 Å². The van der Waals surface area contributed by atoms with Gasteiger partial charge in [-0.05, 0) is 35.7 Å². The average Bonchev–Trinajstić information content (AvgIpc) is 2.62. The Morgan fingerprint density at radius 1 is 1.08 bits per heavy atom. The SMILES string of the molecule is Brc1ccc(Sc2cccs2)cc1. The quantitative estimate of drug-likeness (QED) is 0.765. The molecule has 0 N–H and O–H groups in total. The molecule has 0 spiro atoms. The highest BCUT2D eigenvalue weighted by Gasteiger charge is 1.96. The fourth-order valence-corrected chi connectivity index (χ4v) is 2.95. The lowest BCUT2D eigenvalue weighted by Crippen LogP contribution is -1.68. The maximum absolute atomic E-state index is 3.42. The molecule has 0 saturated carbocycles. The van der Waals surface area contributed by atoms with Gasteiger partial charge < -0.3 is 0 Å². The van der Waals surface area contributed by atoms with Gasteiger partial charge >= 0.3 is 0 Å². The van der Waals surface area contributed by atoms with Crippen molar-refractivity contribution in [3.8, 4) is 0 Å². The Labute approximate surface area is 94.1 Å². The van der Waals surface area contributed by atoms with Gasteiger partial charge in [-0.25, -0.2) is 0 Å². The van der Waals surface area contributed by atoms with Crippen LogP contribution in [0.2, 0.25) is 0 Å². The van der Waals surface area contributed by atoms with Crippen molar-refractivity contribution in [2.24, 2.45) is 0 Å². The van der Waals surface area contributed by atoms with E-state index in [0.717, 1.165) is 4.47 Å². The first-order valence-corrected chi connectivity index (χ1v) is 6.30. The van der Waals surface area contributed by atoms with Crippen LogP contribution in [0.4, 0.5) is 0 Å². The minimum atomic E-state index is 1.13. The van der Waals surface area contributed by atoms with Crippen LogP contribution >= 0.6 is 39.0 Å². The number of benzene rings is 1. The van der Waals surface area contributed by atoms with Gasteiger partial charge in [0.15, 0.2) is 0 Å². The lowest BCUT2D eigenvalue weighted by atomic mass is 10.4. The van der Waals surface area contributed by atoms with Crippen molar-refractivity contribution in [1.82, 2.24) is 0 Å². The van der Waals surface area contributed by atoms with E-state index in [2.05, 4.69) is 57.7 Å². The molecule has 0 atom stereocenters. The molecule has 0 fully saturated rings. The number of rotatable bonds is 2. The van der Waals surface area contributed by atoms with Crippen molar-refractivity contribution < 1.29 is 0 Å². The highest BCUT2D eigenvalue weighted by atomic mass is 79.9. The van der Waals surface area contributed by atoms with Crippen LogP contribution in [0.15, 0.2) is 55.4 Å². The second-order valence-electron chi connectivity index (χ2n) is 2.49. The molecule has 0 aliphatic rings. The molecule has 1 aromatic heterocycles. The minimum absolute atomic E-state index is 1.13. The average molecular weight is 271 g/mol. The van der Waals surface area contributed by atoms with E-state index in [1.807, 2.05) is 0 Å². The zero-order valence-electron chi connectivity index (χ0n) is 6.74. The molecule has 2 aromatic rings. The second-order valence-corrected chi connectivity index (χ2v) is 5.73. The summed E-state index contributed by atoms with van der Waals surface area (Å²) >= 11 is 6.99. The van der Waals surface area contributed by atoms with Crippen LogP contribution in [0.25, 0.3) is 0 Å². The van der Waals surface area contributed by atoms with Crippen LogP contribution in [-0.4, -0.2) is 0 Å². The first-order chi connectivity index (χ1) is 6.34. The smallest absolute Gasteiger partial charge is 0.0646 e. The Balaban J connectivity index is 2.15. The third-order valence-electron chi connectivity index (χ3n) is 1.53. The molecule has 0 saturated heterocycles. The van der Waals surface area contributed by atoms with E-state index in [-0.39, 0.29) is 0 Å². The maximum atomic E-state index is 3.42. The van der Waals surface area contributed by atoms with Gasteiger partial charge in [-0.1, -0.05) is 33.8 Å². The highest BCUT2D eigenvalue weighted by molar-refractivity contribution is 9.10. The van der Waals surface area contributed by atoms with Crippen molar-refractivity contribution in [2.75, 3.05) is 0 Å². The molecule has 0 unspecified atom stereocenters. The predicted molar refractivity (Wildman–Crippen MR) is 62.6 cm³/mol.